The van der Waals surface area contributed by atoms with Gasteiger partial charge in [-0.3, -0.25) is 4.79 Å². The van der Waals surface area contributed by atoms with E-state index in [2.05, 4.69) is 13.8 Å². The van der Waals surface area contributed by atoms with Crippen LogP contribution in [0.15, 0.2) is 0 Å². The number of carbonyl (C=O) groups is 1. The van der Waals surface area contributed by atoms with Crippen molar-refractivity contribution in [1.82, 2.24) is 0 Å². The zero-order chi connectivity index (χ0) is 28.5. The van der Waals surface area contributed by atoms with E-state index in [4.69, 9.17) is 5.73 Å². The highest BCUT2D eigenvalue weighted by Gasteiger charge is 2.14. The van der Waals surface area contributed by atoms with Gasteiger partial charge < -0.3 is 5.73 Å². The van der Waals surface area contributed by atoms with E-state index in [9.17, 15) is 4.79 Å². The molecule has 1 unspecified atom stereocenters. The topological polar surface area (TPSA) is 43.1 Å². The summed E-state index contributed by atoms with van der Waals surface area (Å²) in [7, 11) is 0. The van der Waals surface area contributed by atoms with Gasteiger partial charge in [0.15, 0.2) is 0 Å². The molecule has 0 saturated carbocycles. The number of amides is 1. The van der Waals surface area contributed by atoms with Gasteiger partial charge >= 0.3 is 0 Å². The van der Waals surface area contributed by atoms with Gasteiger partial charge in [-0.15, -0.1) is 0 Å². The van der Waals surface area contributed by atoms with Crippen molar-refractivity contribution in [2.75, 3.05) is 0 Å². The minimum Gasteiger partial charge on any atom is -0.369 e. The van der Waals surface area contributed by atoms with Gasteiger partial charge in [0.25, 0.3) is 0 Å². The molecule has 234 valence electrons. The average molecular weight is 550 g/mol. The van der Waals surface area contributed by atoms with Gasteiger partial charge in [0.2, 0.25) is 5.91 Å². The molecule has 0 fully saturated rings. The number of primary amides is 1. The van der Waals surface area contributed by atoms with Gasteiger partial charge in [0.05, 0.1) is 0 Å². The van der Waals surface area contributed by atoms with Gasteiger partial charge in [-0.05, 0) is 12.8 Å². The van der Waals surface area contributed by atoms with E-state index in [0.717, 1.165) is 12.8 Å². The van der Waals surface area contributed by atoms with Crippen LogP contribution in [0.4, 0.5) is 0 Å². The van der Waals surface area contributed by atoms with Crippen LogP contribution in [0.5, 0.6) is 0 Å². The van der Waals surface area contributed by atoms with Crippen molar-refractivity contribution in [3.8, 4) is 0 Å². The smallest absolute Gasteiger partial charge is 0.220 e. The minimum atomic E-state index is -0.0564. The minimum absolute atomic E-state index is 0.0564. The zero-order valence-electron chi connectivity index (χ0n) is 27.4. The maximum Gasteiger partial charge on any atom is 0.220 e. The number of unbranched alkanes of at least 4 members (excludes halogenated alkanes) is 29. The van der Waals surface area contributed by atoms with Crippen LogP contribution in [0.25, 0.3) is 0 Å². The molecule has 0 bridgehead atoms. The lowest BCUT2D eigenvalue weighted by atomic mass is 9.93. The van der Waals surface area contributed by atoms with Crippen molar-refractivity contribution in [3.63, 3.8) is 0 Å². The Morgan fingerprint density at radius 1 is 0.359 bits per heavy atom. The second kappa shape index (κ2) is 33.7. The molecule has 0 heterocycles. The predicted molar refractivity (Wildman–Crippen MR) is 176 cm³/mol. The molecule has 1 atom stereocenters. The fraction of sp³-hybridized carbons (Fsp3) is 0.973. The third-order valence-corrected chi connectivity index (χ3v) is 8.96. The maximum absolute atomic E-state index is 11.9. The lowest BCUT2D eigenvalue weighted by molar-refractivity contribution is -0.122. The fourth-order valence-electron chi connectivity index (χ4n) is 6.13. The Hall–Kier alpha value is -0.530. The molecule has 2 N–H and O–H groups in total. The third-order valence-electron chi connectivity index (χ3n) is 8.96. The van der Waals surface area contributed by atoms with Crippen LogP contribution in [0.1, 0.15) is 226 Å². The molecule has 2 nitrogen and oxygen atoms in total. The molecule has 39 heavy (non-hydrogen) atoms. The summed E-state index contributed by atoms with van der Waals surface area (Å²) in [6.07, 6.45) is 45.3. The molecular weight excluding hydrogens is 474 g/mol. The number of rotatable bonds is 34. The molecular formula is C37H75NO. The second-order valence-electron chi connectivity index (χ2n) is 12.9. The number of hydrogen-bond donors (Lipinski definition) is 1. The fourth-order valence-corrected chi connectivity index (χ4v) is 6.13. The molecule has 0 aliphatic rings. The average Bonchev–Trinajstić information content (AvgIpc) is 2.93. The summed E-state index contributed by atoms with van der Waals surface area (Å²) in [6, 6.07) is 0. The molecule has 0 saturated heterocycles. The highest BCUT2D eigenvalue weighted by molar-refractivity contribution is 5.76. The summed E-state index contributed by atoms with van der Waals surface area (Å²) in [6.45, 7) is 4.58. The third kappa shape index (κ3) is 31.9. The number of nitrogens with two attached hydrogens (primary N) is 1. The Balaban J connectivity index is 3.33. The first kappa shape index (κ1) is 38.5. The van der Waals surface area contributed by atoms with Gasteiger partial charge in [0.1, 0.15) is 0 Å². The van der Waals surface area contributed by atoms with Crippen LogP contribution in [0.3, 0.4) is 0 Å². The second-order valence-corrected chi connectivity index (χ2v) is 12.9. The maximum atomic E-state index is 11.9. The lowest BCUT2D eigenvalue weighted by Gasteiger charge is -2.13. The summed E-state index contributed by atoms with van der Waals surface area (Å²) in [5.41, 5.74) is 5.71. The van der Waals surface area contributed by atoms with Crippen molar-refractivity contribution in [3.05, 3.63) is 0 Å². The summed E-state index contributed by atoms with van der Waals surface area (Å²) in [5, 5.41) is 0. The van der Waals surface area contributed by atoms with E-state index < -0.39 is 0 Å². The number of carbonyl (C=O) groups excluding carboxylic acids is 1. The van der Waals surface area contributed by atoms with E-state index >= 15 is 0 Å². The van der Waals surface area contributed by atoms with E-state index in [1.54, 1.807) is 0 Å². The molecule has 2 heteroatoms. The molecule has 0 rings (SSSR count). The summed E-state index contributed by atoms with van der Waals surface area (Å²) >= 11 is 0. The Labute approximate surface area is 247 Å². The van der Waals surface area contributed by atoms with Crippen LogP contribution >= 0.6 is 0 Å². The van der Waals surface area contributed by atoms with Gasteiger partial charge in [-0.2, -0.15) is 0 Å². The lowest BCUT2D eigenvalue weighted by Crippen LogP contribution is -2.23. The normalized spacial score (nSPS) is 12.3. The van der Waals surface area contributed by atoms with Crippen molar-refractivity contribution >= 4 is 5.91 Å². The molecule has 0 aromatic rings. The quantitative estimate of drug-likeness (QED) is 0.0797. The standard InChI is InChI=1S/C37H75NO/c1-3-5-7-9-11-13-15-16-17-18-19-20-21-22-23-24-25-27-29-31-33-35-36(37(38)39)34-32-30-28-26-14-12-10-8-6-4-2/h36H,3-35H2,1-2H3,(H2,38,39). The summed E-state index contributed by atoms with van der Waals surface area (Å²) in [5.74, 6) is 0.0680. The highest BCUT2D eigenvalue weighted by atomic mass is 16.1. The van der Waals surface area contributed by atoms with Crippen LogP contribution in [0, 0.1) is 5.92 Å². The Bertz CT molecular complexity index is 462. The van der Waals surface area contributed by atoms with Gasteiger partial charge in [0, 0.05) is 5.92 Å². The van der Waals surface area contributed by atoms with Crippen molar-refractivity contribution < 1.29 is 4.79 Å². The Morgan fingerprint density at radius 3 is 0.718 bits per heavy atom. The Morgan fingerprint density at radius 2 is 0.538 bits per heavy atom. The monoisotopic (exact) mass is 550 g/mol. The SMILES string of the molecule is CCCCCCCCCCCCCCCCCCCCCCCC(CCCCCCCCCCCC)C(N)=O. The van der Waals surface area contributed by atoms with Gasteiger partial charge in [-0.1, -0.05) is 213 Å². The number of hydrogen-bond acceptors (Lipinski definition) is 1. The predicted octanol–water partition coefficient (Wildman–Crippen LogP) is 13.0. The zero-order valence-corrected chi connectivity index (χ0v) is 27.4. The molecule has 0 aromatic heterocycles. The first-order chi connectivity index (χ1) is 19.2. The molecule has 1 amide bonds. The van der Waals surface area contributed by atoms with Crippen LogP contribution in [-0.4, -0.2) is 5.91 Å². The van der Waals surface area contributed by atoms with Crippen LogP contribution < -0.4 is 5.73 Å². The van der Waals surface area contributed by atoms with Gasteiger partial charge in [-0.25, -0.2) is 0 Å². The van der Waals surface area contributed by atoms with E-state index in [0.29, 0.717) is 0 Å². The van der Waals surface area contributed by atoms with E-state index in [-0.39, 0.29) is 11.8 Å². The molecule has 0 radical (unpaired) electrons. The van der Waals surface area contributed by atoms with Crippen molar-refractivity contribution in [2.45, 2.75) is 226 Å². The Kier molecular flexibility index (Phi) is 33.2. The van der Waals surface area contributed by atoms with E-state index in [1.807, 2.05) is 0 Å². The van der Waals surface area contributed by atoms with Crippen LogP contribution in [-0.2, 0) is 4.79 Å². The first-order valence-electron chi connectivity index (χ1n) is 18.5. The summed E-state index contributed by atoms with van der Waals surface area (Å²) < 4.78 is 0. The molecule has 0 aliphatic heterocycles. The largest absolute Gasteiger partial charge is 0.369 e. The summed E-state index contributed by atoms with van der Waals surface area (Å²) in [4.78, 5) is 11.9. The first-order valence-corrected chi connectivity index (χ1v) is 18.5. The van der Waals surface area contributed by atoms with Crippen LogP contribution in [0.2, 0.25) is 0 Å². The molecule has 0 aliphatic carbocycles. The molecule has 0 spiro atoms. The van der Waals surface area contributed by atoms with E-state index in [1.165, 1.54) is 199 Å². The van der Waals surface area contributed by atoms with Crippen molar-refractivity contribution in [2.24, 2.45) is 11.7 Å². The molecule has 0 aromatic carbocycles. The van der Waals surface area contributed by atoms with Crippen molar-refractivity contribution in [1.29, 1.82) is 0 Å². The highest BCUT2D eigenvalue weighted by Crippen LogP contribution is 2.20.